The third kappa shape index (κ3) is 3.31. The first-order valence-corrected chi connectivity index (χ1v) is 8.77. The molecule has 0 amide bonds. The van der Waals surface area contributed by atoms with Crippen molar-refractivity contribution in [3.05, 3.63) is 38.7 Å². The Morgan fingerprint density at radius 3 is 2.81 bits per heavy atom. The van der Waals surface area contributed by atoms with Crippen LogP contribution in [0.25, 0.3) is 11.6 Å². The molecule has 9 heteroatoms. The van der Waals surface area contributed by atoms with Crippen molar-refractivity contribution in [2.45, 2.75) is 13.0 Å². The van der Waals surface area contributed by atoms with Crippen LogP contribution in [0.15, 0.2) is 29.3 Å². The van der Waals surface area contributed by atoms with E-state index in [0.29, 0.717) is 20.1 Å². The zero-order valence-corrected chi connectivity index (χ0v) is 15.3. The summed E-state index contributed by atoms with van der Waals surface area (Å²) < 4.78 is 6.50. The molecule has 0 unspecified atom stereocenters. The molecule has 0 saturated carbocycles. The number of thiazole rings is 1. The first-order valence-electron chi connectivity index (χ1n) is 7.55. The van der Waals surface area contributed by atoms with Crippen LogP contribution < -0.4 is 0 Å². The molecule has 26 heavy (non-hydrogen) atoms. The van der Waals surface area contributed by atoms with Crippen molar-refractivity contribution >= 4 is 58.5 Å². The van der Waals surface area contributed by atoms with Crippen LogP contribution in [0.5, 0.6) is 5.88 Å². The maximum Gasteiger partial charge on any atom is 0.357 e. The highest BCUT2D eigenvalue weighted by atomic mass is 32.1. The molecular weight excluding hydrogens is 376 g/mol. The number of fused-ring (bicyclic) bond motifs is 1. The van der Waals surface area contributed by atoms with E-state index < -0.39 is 11.9 Å². The highest BCUT2D eigenvalue weighted by Crippen LogP contribution is 2.38. The number of benzene rings is 1. The molecule has 0 aliphatic carbocycles. The summed E-state index contributed by atoms with van der Waals surface area (Å²) in [7, 11) is 1.27. The first kappa shape index (κ1) is 18.0. The van der Waals surface area contributed by atoms with E-state index in [2.05, 4.69) is 4.99 Å². The van der Waals surface area contributed by atoms with Crippen molar-refractivity contribution in [2.24, 2.45) is 4.99 Å². The van der Waals surface area contributed by atoms with Gasteiger partial charge in [-0.2, -0.15) is 0 Å². The molecule has 0 fully saturated rings. The smallest absolute Gasteiger partial charge is 0.357 e. The summed E-state index contributed by atoms with van der Waals surface area (Å²) in [6, 6.07) is 7.23. The number of carbonyl (C=O) groups is 2. The van der Waals surface area contributed by atoms with Gasteiger partial charge in [-0.25, -0.2) is 9.79 Å². The fourth-order valence-corrected chi connectivity index (χ4v) is 3.85. The van der Waals surface area contributed by atoms with Gasteiger partial charge in [-0.1, -0.05) is 18.2 Å². The van der Waals surface area contributed by atoms with E-state index in [1.807, 2.05) is 18.2 Å². The summed E-state index contributed by atoms with van der Waals surface area (Å²) in [6.45, 7) is 0.0637. The maximum absolute atomic E-state index is 12.1. The van der Waals surface area contributed by atoms with Crippen molar-refractivity contribution in [3.8, 4) is 5.88 Å². The number of aromatic hydroxyl groups is 1. The SMILES string of the molecule is COC(=O)C1=Nc2ccccc2C1=Cc1sc(=S)n(CCC(=O)O)c1O. The molecule has 2 heterocycles. The predicted octanol–water partition coefficient (Wildman–Crippen LogP) is 3.26. The number of hydrogen-bond donors (Lipinski definition) is 2. The first-order chi connectivity index (χ1) is 12.4. The summed E-state index contributed by atoms with van der Waals surface area (Å²) in [5, 5.41) is 19.2. The van der Waals surface area contributed by atoms with Crippen molar-refractivity contribution < 1.29 is 24.5 Å². The molecule has 1 aromatic heterocycles. The van der Waals surface area contributed by atoms with E-state index in [1.165, 1.54) is 11.7 Å². The van der Waals surface area contributed by atoms with Crippen LogP contribution in [0.4, 0.5) is 5.69 Å². The van der Waals surface area contributed by atoms with E-state index in [1.54, 1.807) is 12.1 Å². The summed E-state index contributed by atoms with van der Waals surface area (Å²) in [5.74, 6) is -1.70. The lowest BCUT2D eigenvalue weighted by Crippen LogP contribution is -2.14. The number of esters is 1. The molecule has 0 radical (unpaired) electrons. The monoisotopic (exact) mass is 390 g/mol. The number of hydrogen-bond acceptors (Lipinski definition) is 7. The van der Waals surface area contributed by atoms with Gasteiger partial charge in [0.25, 0.3) is 0 Å². The summed E-state index contributed by atoms with van der Waals surface area (Å²) in [6.07, 6.45) is 1.46. The molecule has 0 atom stereocenters. The highest BCUT2D eigenvalue weighted by Gasteiger charge is 2.27. The number of methoxy groups -OCH3 is 1. The van der Waals surface area contributed by atoms with Crippen LogP contribution in [0, 0.1) is 3.95 Å². The Balaban J connectivity index is 2.07. The lowest BCUT2D eigenvalue weighted by molar-refractivity contribution is -0.137. The molecule has 1 aliphatic heterocycles. The largest absolute Gasteiger partial charge is 0.493 e. The fraction of sp³-hybridized carbons (Fsp3) is 0.176. The molecule has 3 rings (SSSR count). The molecule has 7 nitrogen and oxygen atoms in total. The molecular formula is C17H14N2O5S2. The Hall–Kier alpha value is -2.78. The maximum atomic E-state index is 12.1. The number of para-hydroxylation sites is 1. The van der Waals surface area contributed by atoms with Gasteiger partial charge in [-0.3, -0.25) is 9.36 Å². The summed E-state index contributed by atoms with van der Waals surface area (Å²) in [4.78, 5) is 27.6. The number of rotatable bonds is 5. The van der Waals surface area contributed by atoms with Gasteiger partial charge < -0.3 is 14.9 Å². The second-order valence-corrected chi connectivity index (χ2v) is 7.05. The quantitative estimate of drug-likeness (QED) is 0.600. The van der Waals surface area contributed by atoms with E-state index >= 15 is 0 Å². The standard InChI is InChI=1S/C17H14N2O5S2/c1-24-16(23)14-10(9-4-2-3-5-11(9)18-14)8-12-15(22)19(17(25)26-12)7-6-13(20)21/h2-5,8,22H,6-7H2,1H3,(H,20,21). The van der Waals surface area contributed by atoms with Crippen LogP contribution in [0.1, 0.15) is 16.9 Å². The fourth-order valence-electron chi connectivity index (χ4n) is 2.55. The topological polar surface area (TPSA) is 101 Å². The van der Waals surface area contributed by atoms with Gasteiger partial charge in [0, 0.05) is 17.7 Å². The number of ether oxygens (including phenoxy) is 1. The number of carbonyl (C=O) groups excluding carboxylic acids is 1. The Morgan fingerprint density at radius 2 is 2.12 bits per heavy atom. The number of nitrogens with zero attached hydrogens (tertiary/aromatic N) is 2. The Bertz CT molecular complexity index is 1020. The molecule has 1 aliphatic rings. The zero-order chi connectivity index (χ0) is 18.8. The van der Waals surface area contributed by atoms with E-state index in [0.717, 1.165) is 16.9 Å². The molecule has 134 valence electrons. The van der Waals surface area contributed by atoms with Crippen molar-refractivity contribution in [1.82, 2.24) is 4.57 Å². The molecule has 2 N–H and O–H groups in total. The molecule has 0 bridgehead atoms. The second kappa shape index (κ2) is 7.22. The van der Waals surface area contributed by atoms with Gasteiger partial charge in [-0.05, 0) is 24.4 Å². The number of aliphatic imine (C=N–C) groups is 1. The van der Waals surface area contributed by atoms with Crippen LogP contribution in [0.2, 0.25) is 0 Å². The zero-order valence-electron chi connectivity index (χ0n) is 13.6. The molecule has 1 aromatic carbocycles. The third-order valence-corrected chi connectivity index (χ3v) is 5.16. The van der Waals surface area contributed by atoms with Crippen molar-refractivity contribution in [2.75, 3.05) is 7.11 Å². The number of aliphatic carboxylic acids is 1. The molecule has 0 spiro atoms. The minimum absolute atomic E-state index is 0.0637. The summed E-state index contributed by atoms with van der Waals surface area (Å²) >= 11 is 6.34. The van der Waals surface area contributed by atoms with Crippen LogP contribution >= 0.6 is 23.6 Å². The van der Waals surface area contributed by atoms with Crippen molar-refractivity contribution in [1.29, 1.82) is 0 Å². The van der Waals surface area contributed by atoms with Crippen LogP contribution in [-0.2, 0) is 20.9 Å². The van der Waals surface area contributed by atoms with Crippen molar-refractivity contribution in [3.63, 3.8) is 0 Å². The normalized spacial score (nSPS) is 14.2. The van der Waals surface area contributed by atoms with Gasteiger partial charge in [0.2, 0.25) is 5.88 Å². The van der Waals surface area contributed by atoms with E-state index in [4.69, 9.17) is 22.1 Å². The lowest BCUT2D eigenvalue weighted by atomic mass is 10.0. The van der Waals surface area contributed by atoms with E-state index in [9.17, 15) is 14.7 Å². The molecule has 2 aromatic rings. The number of carboxylic acid groups (broad SMARTS) is 1. The molecule has 0 saturated heterocycles. The number of carboxylic acids is 1. The lowest BCUT2D eigenvalue weighted by Gasteiger charge is -2.04. The predicted molar refractivity (Wildman–Crippen MR) is 100 cm³/mol. The van der Waals surface area contributed by atoms with Gasteiger partial charge >= 0.3 is 11.9 Å². The van der Waals surface area contributed by atoms with Gasteiger partial charge in [0.1, 0.15) is 0 Å². The minimum Gasteiger partial charge on any atom is -0.493 e. The van der Waals surface area contributed by atoms with Gasteiger partial charge in [-0.15, -0.1) is 11.3 Å². The van der Waals surface area contributed by atoms with Gasteiger partial charge in [0.05, 0.1) is 24.1 Å². The average Bonchev–Trinajstić information content (AvgIpc) is 3.11. The van der Waals surface area contributed by atoms with E-state index in [-0.39, 0.29) is 24.6 Å². The highest BCUT2D eigenvalue weighted by molar-refractivity contribution is 7.73. The Labute approximate surface area is 157 Å². The Morgan fingerprint density at radius 1 is 1.38 bits per heavy atom. The average molecular weight is 390 g/mol. The van der Waals surface area contributed by atoms with Crippen LogP contribution in [-0.4, -0.2) is 39.5 Å². The second-order valence-electron chi connectivity index (χ2n) is 5.38. The van der Waals surface area contributed by atoms with Gasteiger partial charge in [0.15, 0.2) is 9.67 Å². The van der Waals surface area contributed by atoms with Crippen LogP contribution in [0.3, 0.4) is 0 Å². The Kier molecular flexibility index (Phi) is 5.01. The summed E-state index contributed by atoms with van der Waals surface area (Å²) in [5.41, 5.74) is 2.03. The number of aromatic nitrogens is 1. The minimum atomic E-state index is -0.984. The third-order valence-electron chi connectivity index (χ3n) is 3.78.